The number of nitrogens with zero attached hydrogens (tertiary/aromatic N) is 2. The highest BCUT2D eigenvalue weighted by molar-refractivity contribution is 7.13. The number of anilines is 1. The van der Waals surface area contributed by atoms with E-state index >= 15 is 0 Å². The van der Waals surface area contributed by atoms with Gasteiger partial charge in [0.1, 0.15) is 5.82 Å². The summed E-state index contributed by atoms with van der Waals surface area (Å²) in [5, 5.41) is 6.55. The van der Waals surface area contributed by atoms with Crippen molar-refractivity contribution < 1.29 is 9.47 Å². The van der Waals surface area contributed by atoms with E-state index in [1.54, 1.807) is 25.6 Å². The van der Waals surface area contributed by atoms with Crippen LogP contribution in [-0.2, 0) is 6.42 Å². The van der Waals surface area contributed by atoms with Crippen LogP contribution >= 0.6 is 11.3 Å². The van der Waals surface area contributed by atoms with Crippen LogP contribution in [0.5, 0.6) is 11.5 Å². The van der Waals surface area contributed by atoms with E-state index in [1.807, 2.05) is 53.9 Å². The van der Waals surface area contributed by atoms with Gasteiger partial charge in [0.2, 0.25) is 0 Å². The Balaban J connectivity index is 1.56. The molecule has 0 bridgehead atoms. The van der Waals surface area contributed by atoms with Crippen LogP contribution in [0.1, 0.15) is 5.56 Å². The van der Waals surface area contributed by atoms with Crippen LogP contribution in [0.2, 0.25) is 0 Å². The van der Waals surface area contributed by atoms with Gasteiger partial charge < -0.3 is 14.8 Å². The molecule has 0 aliphatic carbocycles. The predicted octanol–water partition coefficient (Wildman–Crippen LogP) is 5.03. The van der Waals surface area contributed by atoms with E-state index in [-0.39, 0.29) is 0 Å². The molecule has 2 aromatic carbocycles. The van der Waals surface area contributed by atoms with Gasteiger partial charge in [-0.05, 0) is 47.7 Å². The van der Waals surface area contributed by atoms with Gasteiger partial charge in [-0.1, -0.05) is 24.3 Å². The number of benzene rings is 2. The summed E-state index contributed by atoms with van der Waals surface area (Å²) in [6.45, 7) is 0.750. The first-order valence-corrected chi connectivity index (χ1v) is 9.92. The third-order valence-corrected chi connectivity index (χ3v) is 5.36. The lowest BCUT2D eigenvalue weighted by Crippen LogP contribution is -2.08. The molecule has 0 fully saturated rings. The van der Waals surface area contributed by atoms with Gasteiger partial charge in [0.05, 0.1) is 24.6 Å². The fourth-order valence-corrected chi connectivity index (χ4v) is 3.75. The Kier molecular flexibility index (Phi) is 5.39. The minimum atomic E-state index is 0.738. The maximum atomic E-state index is 5.39. The van der Waals surface area contributed by atoms with Crippen LogP contribution in [0.4, 0.5) is 5.82 Å². The smallest absolute Gasteiger partial charge is 0.172 e. The van der Waals surface area contributed by atoms with Crippen molar-refractivity contribution in [1.82, 2.24) is 9.97 Å². The van der Waals surface area contributed by atoms with E-state index < -0.39 is 0 Å². The molecule has 5 nitrogen and oxygen atoms in total. The molecular weight excluding hydrogens is 370 g/mol. The maximum absolute atomic E-state index is 5.39. The number of hydrogen-bond donors (Lipinski definition) is 1. The largest absolute Gasteiger partial charge is 0.493 e. The minimum absolute atomic E-state index is 0.738. The highest BCUT2D eigenvalue weighted by Crippen LogP contribution is 2.29. The highest BCUT2D eigenvalue weighted by Gasteiger charge is 2.10. The van der Waals surface area contributed by atoms with Gasteiger partial charge in [-0.3, -0.25) is 0 Å². The minimum Gasteiger partial charge on any atom is -0.493 e. The van der Waals surface area contributed by atoms with Crippen molar-refractivity contribution >= 4 is 28.1 Å². The number of para-hydroxylation sites is 1. The van der Waals surface area contributed by atoms with Crippen molar-refractivity contribution in [1.29, 1.82) is 0 Å². The Morgan fingerprint density at radius 1 is 0.929 bits per heavy atom. The second-order valence-electron chi connectivity index (χ2n) is 6.26. The molecule has 0 radical (unpaired) electrons. The second kappa shape index (κ2) is 8.27. The third kappa shape index (κ3) is 3.77. The lowest BCUT2D eigenvalue weighted by molar-refractivity contribution is 0.354. The Labute approximate surface area is 168 Å². The average molecular weight is 391 g/mol. The number of methoxy groups -OCH3 is 2. The van der Waals surface area contributed by atoms with Crippen molar-refractivity contribution in [3.8, 4) is 22.2 Å². The molecule has 28 heavy (non-hydrogen) atoms. The van der Waals surface area contributed by atoms with E-state index in [1.165, 1.54) is 5.56 Å². The standard InChI is InChI=1S/C22H21N3O2S/c1-26-18-10-9-15(14-19(18)27-2)11-12-23-21-16-6-3-4-7-17(16)24-22(25-21)20-8-5-13-28-20/h3-10,13-14H,11-12H2,1-2H3,(H,23,24,25). The second-order valence-corrected chi connectivity index (χ2v) is 7.20. The SMILES string of the molecule is COc1ccc(CCNc2nc(-c3cccs3)nc3ccccc23)cc1OC. The van der Waals surface area contributed by atoms with Crippen molar-refractivity contribution in [3.63, 3.8) is 0 Å². The molecule has 6 heteroatoms. The predicted molar refractivity (Wildman–Crippen MR) is 115 cm³/mol. The fourth-order valence-electron chi connectivity index (χ4n) is 3.09. The van der Waals surface area contributed by atoms with Gasteiger partial charge in [-0.25, -0.2) is 9.97 Å². The molecule has 0 saturated carbocycles. The first-order valence-electron chi connectivity index (χ1n) is 9.04. The molecule has 2 aromatic heterocycles. The Hall–Kier alpha value is -3.12. The van der Waals surface area contributed by atoms with Crippen LogP contribution in [0.15, 0.2) is 60.0 Å². The molecule has 142 valence electrons. The average Bonchev–Trinajstić information content (AvgIpc) is 3.28. The Morgan fingerprint density at radius 2 is 1.79 bits per heavy atom. The molecule has 0 amide bonds. The highest BCUT2D eigenvalue weighted by atomic mass is 32.1. The fraction of sp³-hybridized carbons (Fsp3) is 0.182. The van der Waals surface area contributed by atoms with Crippen molar-refractivity contribution in [3.05, 3.63) is 65.5 Å². The summed E-state index contributed by atoms with van der Waals surface area (Å²) < 4.78 is 10.7. The zero-order chi connectivity index (χ0) is 19.3. The summed E-state index contributed by atoms with van der Waals surface area (Å²) in [4.78, 5) is 10.6. The molecule has 0 aliphatic rings. The summed E-state index contributed by atoms with van der Waals surface area (Å²) in [5.41, 5.74) is 2.11. The number of nitrogens with one attached hydrogen (secondary N) is 1. The Bertz CT molecular complexity index is 1080. The van der Waals surface area contributed by atoms with Crippen LogP contribution < -0.4 is 14.8 Å². The van der Waals surface area contributed by atoms with Gasteiger partial charge in [-0.2, -0.15) is 0 Å². The van der Waals surface area contributed by atoms with Crippen molar-refractivity contribution in [2.45, 2.75) is 6.42 Å². The molecule has 4 aromatic rings. The topological polar surface area (TPSA) is 56.3 Å². The zero-order valence-electron chi connectivity index (χ0n) is 15.8. The molecular formula is C22H21N3O2S. The number of hydrogen-bond acceptors (Lipinski definition) is 6. The maximum Gasteiger partial charge on any atom is 0.172 e. The van der Waals surface area contributed by atoms with E-state index in [4.69, 9.17) is 19.4 Å². The molecule has 0 saturated heterocycles. The zero-order valence-corrected chi connectivity index (χ0v) is 16.6. The lowest BCUT2D eigenvalue weighted by Gasteiger charge is -2.12. The monoisotopic (exact) mass is 391 g/mol. The van der Waals surface area contributed by atoms with E-state index in [2.05, 4.69) is 11.4 Å². The van der Waals surface area contributed by atoms with Gasteiger partial charge >= 0.3 is 0 Å². The number of fused-ring (bicyclic) bond motifs is 1. The van der Waals surface area contributed by atoms with E-state index in [0.29, 0.717) is 0 Å². The number of aromatic nitrogens is 2. The van der Waals surface area contributed by atoms with Gasteiger partial charge in [0.15, 0.2) is 17.3 Å². The van der Waals surface area contributed by atoms with Crippen molar-refractivity contribution in [2.75, 3.05) is 26.1 Å². The van der Waals surface area contributed by atoms with Gasteiger partial charge in [0.25, 0.3) is 0 Å². The first kappa shape index (κ1) is 18.3. The number of rotatable bonds is 7. The van der Waals surface area contributed by atoms with E-state index in [9.17, 15) is 0 Å². The summed E-state index contributed by atoms with van der Waals surface area (Å²) in [6.07, 6.45) is 0.840. The molecule has 1 N–H and O–H groups in total. The summed E-state index contributed by atoms with van der Waals surface area (Å²) in [6, 6.07) is 18.1. The summed E-state index contributed by atoms with van der Waals surface area (Å²) in [7, 11) is 3.30. The summed E-state index contributed by atoms with van der Waals surface area (Å²) in [5.74, 6) is 3.09. The summed E-state index contributed by atoms with van der Waals surface area (Å²) >= 11 is 1.64. The molecule has 0 atom stereocenters. The molecule has 4 rings (SSSR count). The van der Waals surface area contributed by atoms with E-state index in [0.717, 1.165) is 51.9 Å². The number of ether oxygens (including phenoxy) is 2. The molecule has 0 spiro atoms. The van der Waals surface area contributed by atoms with Crippen molar-refractivity contribution in [2.24, 2.45) is 0 Å². The van der Waals surface area contributed by atoms with Crippen LogP contribution in [0.25, 0.3) is 21.6 Å². The third-order valence-electron chi connectivity index (χ3n) is 4.50. The number of thiophene rings is 1. The molecule has 0 unspecified atom stereocenters. The molecule has 0 aliphatic heterocycles. The molecule has 2 heterocycles. The van der Waals surface area contributed by atoms with Crippen LogP contribution in [0.3, 0.4) is 0 Å². The van der Waals surface area contributed by atoms with Crippen LogP contribution in [0, 0.1) is 0 Å². The first-order chi connectivity index (χ1) is 13.8. The van der Waals surface area contributed by atoms with Gasteiger partial charge in [-0.15, -0.1) is 11.3 Å². The van der Waals surface area contributed by atoms with Gasteiger partial charge in [0, 0.05) is 11.9 Å². The quantitative estimate of drug-likeness (QED) is 0.479. The van der Waals surface area contributed by atoms with Crippen LogP contribution in [-0.4, -0.2) is 30.7 Å². The Morgan fingerprint density at radius 3 is 2.57 bits per heavy atom. The lowest BCUT2D eigenvalue weighted by atomic mass is 10.1. The normalized spacial score (nSPS) is 10.8.